The normalized spacial score (nSPS) is 10.6. The highest BCUT2D eigenvalue weighted by atomic mass is 35.5. The molecule has 128 valence electrons. The van der Waals surface area contributed by atoms with Gasteiger partial charge < -0.3 is 5.32 Å². The lowest BCUT2D eigenvalue weighted by atomic mass is 10.2. The fourth-order valence-electron chi connectivity index (χ4n) is 2.23. The van der Waals surface area contributed by atoms with E-state index in [1.807, 2.05) is 61.5 Å². The molecule has 0 aliphatic rings. The number of nitrogens with one attached hydrogen (secondary N) is 1. The number of carbonyl (C=O) groups excluding carboxylic acids is 1. The molecule has 0 saturated carbocycles. The van der Waals surface area contributed by atoms with Gasteiger partial charge >= 0.3 is 0 Å². The van der Waals surface area contributed by atoms with Gasteiger partial charge in [0.05, 0.1) is 12.2 Å². The molecule has 1 N–H and O–H groups in total. The van der Waals surface area contributed by atoms with Crippen molar-refractivity contribution >= 4 is 35.0 Å². The Morgan fingerprint density at radius 1 is 1.16 bits per heavy atom. The average Bonchev–Trinajstić information content (AvgIpc) is 2.96. The lowest BCUT2D eigenvalue weighted by molar-refractivity contribution is -0.115. The van der Waals surface area contributed by atoms with Gasteiger partial charge in [-0.25, -0.2) is 4.68 Å². The minimum absolute atomic E-state index is 0.0307. The largest absolute Gasteiger partial charge is 0.325 e. The molecule has 25 heavy (non-hydrogen) atoms. The zero-order chi connectivity index (χ0) is 17.6. The van der Waals surface area contributed by atoms with Crippen LogP contribution in [-0.4, -0.2) is 20.7 Å². The van der Waals surface area contributed by atoms with Crippen molar-refractivity contribution in [3.8, 4) is 0 Å². The van der Waals surface area contributed by atoms with E-state index in [0.29, 0.717) is 18.1 Å². The van der Waals surface area contributed by atoms with Gasteiger partial charge in [0.1, 0.15) is 0 Å². The number of hydrogen-bond donors (Lipinski definition) is 1. The Hall–Kier alpha value is -2.31. The van der Waals surface area contributed by atoms with Crippen LogP contribution in [0.5, 0.6) is 0 Å². The van der Waals surface area contributed by atoms with Gasteiger partial charge in [0.2, 0.25) is 11.2 Å². The molecule has 5 nitrogen and oxygen atoms in total. The fourth-order valence-corrected chi connectivity index (χ4v) is 3.37. The monoisotopic (exact) mass is 372 g/mol. The van der Waals surface area contributed by atoms with Crippen molar-refractivity contribution in [2.75, 3.05) is 5.32 Å². The molecule has 1 amide bonds. The topological polar surface area (TPSA) is 59.8 Å². The summed E-state index contributed by atoms with van der Waals surface area (Å²) < 4.78 is 1.76. The van der Waals surface area contributed by atoms with E-state index in [-0.39, 0.29) is 11.2 Å². The number of amides is 1. The summed E-state index contributed by atoms with van der Waals surface area (Å²) in [4.78, 5) is 16.9. The Labute approximate surface area is 155 Å². The molecule has 3 rings (SSSR count). The van der Waals surface area contributed by atoms with E-state index in [1.54, 1.807) is 4.68 Å². The first-order chi connectivity index (χ1) is 12.2. The molecular formula is C18H17ClN4OS. The summed E-state index contributed by atoms with van der Waals surface area (Å²) in [6.07, 6.45) is 0.426. The summed E-state index contributed by atoms with van der Waals surface area (Å²) in [5, 5.41) is 8.05. The Kier molecular flexibility index (Phi) is 5.73. The smallest absolute Gasteiger partial charge is 0.243 e. The molecular weight excluding hydrogens is 356 g/mol. The van der Waals surface area contributed by atoms with E-state index in [4.69, 9.17) is 11.6 Å². The van der Waals surface area contributed by atoms with Crippen molar-refractivity contribution in [1.82, 2.24) is 14.8 Å². The fraction of sp³-hybridized carbons (Fsp3) is 0.167. The van der Waals surface area contributed by atoms with Crippen LogP contribution in [0, 0.1) is 0 Å². The van der Waals surface area contributed by atoms with Crippen molar-refractivity contribution < 1.29 is 4.79 Å². The predicted octanol–water partition coefficient (Wildman–Crippen LogP) is 4.48. The van der Waals surface area contributed by atoms with Gasteiger partial charge in [-0.05, 0) is 41.1 Å². The van der Waals surface area contributed by atoms with E-state index in [2.05, 4.69) is 15.4 Å². The predicted molar refractivity (Wildman–Crippen MR) is 100 cm³/mol. The highest BCUT2D eigenvalue weighted by molar-refractivity contribution is 7.99. The third-order valence-corrected chi connectivity index (χ3v) is 4.69. The van der Waals surface area contributed by atoms with Crippen LogP contribution in [0.3, 0.4) is 0 Å². The van der Waals surface area contributed by atoms with Crippen LogP contribution in [0.4, 0.5) is 5.69 Å². The van der Waals surface area contributed by atoms with Crippen LogP contribution >= 0.6 is 23.4 Å². The van der Waals surface area contributed by atoms with Gasteiger partial charge in [-0.15, -0.1) is 5.10 Å². The van der Waals surface area contributed by atoms with Gasteiger partial charge in [-0.3, -0.25) is 4.79 Å². The van der Waals surface area contributed by atoms with Crippen LogP contribution in [0.15, 0.2) is 64.6 Å². The van der Waals surface area contributed by atoms with E-state index < -0.39 is 0 Å². The second kappa shape index (κ2) is 8.18. The van der Waals surface area contributed by atoms with Crippen LogP contribution < -0.4 is 5.32 Å². The van der Waals surface area contributed by atoms with Gasteiger partial charge in [-0.1, -0.05) is 49.4 Å². The zero-order valence-corrected chi connectivity index (χ0v) is 15.2. The lowest BCUT2D eigenvalue weighted by Crippen LogP contribution is -2.10. The number of hydrogen-bond acceptors (Lipinski definition) is 4. The number of carbonyl (C=O) groups is 1. The maximum absolute atomic E-state index is 11.7. The second-order valence-corrected chi connectivity index (χ2v) is 6.65. The standard InChI is InChI=1S/C18H17ClN4OS/c1-2-16(24)20-14-10-6-7-11-15(14)25-18-21-17(19)22-23(18)12-13-8-4-3-5-9-13/h3-11H,2,12H2,1H3,(H,20,24). The Morgan fingerprint density at radius 3 is 2.64 bits per heavy atom. The molecule has 0 saturated heterocycles. The van der Waals surface area contributed by atoms with E-state index in [1.165, 1.54) is 11.8 Å². The molecule has 0 fully saturated rings. The van der Waals surface area contributed by atoms with Crippen molar-refractivity contribution in [2.45, 2.75) is 29.9 Å². The number of halogens is 1. The van der Waals surface area contributed by atoms with Crippen molar-refractivity contribution in [2.24, 2.45) is 0 Å². The molecule has 0 aliphatic carbocycles. The Balaban J connectivity index is 1.85. The molecule has 0 atom stereocenters. The maximum atomic E-state index is 11.7. The van der Waals surface area contributed by atoms with Crippen LogP contribution in [0.25, 0.3) is 0 Å². The van der Waals surface area contributed by atoms with E-state index >= 15 is 0 Å². The Bertz CT molecular complexity index is 867. The van der Waals surface area contributed by atoms with E-state index in [0.717, 1.165) is 16.1 Å². The summed E-state index contributed by atoms with van der Waals surface area (Å²) in [6.45, 7) is 2.40. The molecule has 0 spiro atoms. The molecule has 0 bridgehead atoms. The SMILES string of the molecule is CCC(=O)Nc1ccccc1Sc1nc(Cl)nn1Cc1ccccc1. The molecule has 0 unspecified atom stereocenters. The first-order valence-corrected chi connectivity index (χ1v) is 9.06. The first-order valence-electron chi connectivity index (χ1n) is 7.86. The number of nitrogens with zero attached hydrogens (tertiary/aromatic N) is 3. The van der Waals surface area contributed by atoms with Gasteiger partial charge in [0, 0.05) is 11.3 Å². The van der Waals surface area contributed by atoms with Gasteiger partial charge in [0.15, 0.2) is 5.16 Å². The molecule has 7 heteroatoms. The zero-order valence-electron chi connectivity index (χ0n) is 13.6. The van der Waals surface area contributed by atoms with Crippen LogP contribution in [0.2, 0.25) is 5.28 Å². The maximum Gasteiger partial charge on any atom is 0.243 e. The quantitative estimate of drug-likeness (QED) is 0.693. The van der Waals surface area contributed by atoms with Crippen molar-refractivity contribution in [1.29, 1.82) is 0 Å². The lowest BCUT2D eigenvalue weighted by Gasteiger charge is -2.10. The minimum atomic E-state index is -0.0307. The molecule has 0 radical (unpaired) electrons. The first kappa shape index (κ1) is 17.5. The molecule has 1 aromatic heterocycles. The average molecular weight is 373 g/mol. The molecule has 2 aromatic carbocycles. The minimum Gasteiger partial charge on any atom is -0.325 e. The van der Waals surface area contributed by atoms with E-state index in [9.17, 15) is 4.79 Å². The summed E-state index contributed by atoms with van der Waals surface area (Å²) in [5.41, 5.74) is 1.86. The highest BCUT2D eigenvalue weighted by Gasteiger charge is 2.14. The molecule has 0 aliphatic heterocycles. The third-order valence-electron chi connectivity index (χ3n) is 3.47. The van der Waals surface area contributed by atoms with Gasteiger partial charge in [0.25, 0.3) is 0 Å². The van der Waals surface area contributed by atoms with Crippen molar-refractivity contribution in [3.63, 3.8) is 0 Å². The second-order valence-electron chi connectivity index (χ2n) is 5.31. The summed E-state index contributed by atoms with van der Waals surface area (Å²) >= 11 is 7.44. The number of anilines is 1. The highest BCUT2D eigenvalue weighted by Crippen LogP contribution is 2.33. The number of benzene rings is 2. The van der Waals surface area contributed by atoms with Gasteiger partial charge in [-0.2, -0.15) is 4.98 Å². The summed E-state index contributed by atoms with van der Waals surface area (Å²) in [7, 11) is 0. The number of aromatic nitrogens is 3. The van der Waals surface area contributed by atoms with Crippen LogP contribution in [-0.2, 0) is 11.3 Å². The summed E-state index contributed by atoms with van der Waals surface area (Å²) in [6, 6.07) is 17.6. The number of rotatable bonds is 6. The summed E-state index contributed by atoms with van der Waals surface area (Å²) in [5.74, 6) is -0.0307. The molecule has 1 heterocycles. The van der Waals surface area contributed by atoms with Crippen LogP contribution in [0.1, 0.15) is 18.9 Å². The molecule has 3 aromatic rings. The van der Waals surface area contributed by atoms with Crippen molar-refractivity contribution in [3.05, 3.63) is 65.4 Å². The Morgan fingerprint density at radius 2 is 1.88 bits per heavy atom. The third kappa shape index (κ3) is 4.61. The number of para-hydroxylation sites is 1.